The number of fused-ring (bicyclic) bond motifs is 4. The summed E-state index contributed by atoms with van der Waals surface area (Å²) >= 11 is 0. The lowest BCUT2D eigenvalue weighted by molar-refractivity contribution is 0.0278. The number of imidazole rings is 1. The molecule has 0 spiro atoms. The van der Waals surface area contributed by atoms with Crippen molar-refractivity contribution in [1.82, 2.24) is 29.8 Å². The third-order valence-corrected chi connectivity index (χ3v) is 19.1. The first-order valence-corrected chi connectivity index (χ1v) is 40.6. The van der Waals surface area contributed by atoms with Gasteiger partial charge in [-0.25, -0.2) is 50.6 Å². The molecule has 27 heteroatoms. The predicted octanol–water partition coefficient (Wildman–Crippen LogP) is 17.0. The minimum atomic E-state index is -3.19. The summed E-state index contributed by atoms with van der Waals surface area (Å²) in [5.74, 6) is 0.374. The molecule has 0 bridgehead atoms. The van der Waals surface area contributed by atoms with Crippen LogP contribution >= 0.6 is 10.7 Å². The first kappa shape index (κ1) is 80.5. The van der Waals surface area contributed by atoms with Crippen LogP contribution in [0.3, 0.4) is 0 Å². The van der Waals surface area contributed by atoms with Crippen LogP contribution in [0.25, 0.3) is 43.1 Å². The Morgan fingerprint density at radius 3 is 1.20 bits per heavy atom. The average Bonchev–Trinajstić information content (AvgIpc) is 1.58. The number of amides is 3. The number of hydrogen-bond acceptors (Lipinski definition) is 16. The van der Waals surface area contributed by atoms with Crippen molar-refractivity contribution < 1.29 is 72.6 Å². The first-order valence-electron chi connectivity index (χ1n) is 36.1. The van der Waals surface area contributed by atoms with E-state index in [0.29, 0.717) is 55.0 Å². The van der Waals surface area contributed by atoms with E-state index < -0.39 is 60.6 Å². The SMILES string of the molecule is CS(=O)(=O)Cl.CS(=O)(=O)OC1CCC1.O=C(N1CC(Oc2ccc3ccccc3c2)C1)N1N=CC[C@H]1c1cc(F)cc(F)c1.O=C(N1N=CC[C@H]1c1cc(F)cc(F)c1)n1ccnc1.OC1CCC1.Oc1ccc2ccccc2c1.c1ccc2cc(OC3CCC3)ccc2c1.c1ccc2cc(OC3CNC3)ccc2c1. The van der Waals surface area contributed by atoms with Crippen molar-refractivity contribution >= 4 is 97.4 Å². The second-order valence-electron chi connectivity index (χ2n) is 27.1. The van der Waals surface area contributed by atoms with E-state index in [-0.39, 0.29) is 24.3 Å². The van der Waals surface area contributed by atoms with E-state index in [1.807, 2.05) is 78.9 Å². The van der Waals surface area contributed by atoms with Crippen molar-refractivity contribution in [2.75, 3.05) is 38.7 Å². The van der Waals surface area contributed by atoms with E-state index in [4.69, 9.17) is 24.4 Å². The highest BCUT2D eigenvalue weighted by molar-refractivity contribution is 8.13. The molecular weight excluding hydrogens is 1480 g/mol. The van der Waals surface area contributed by atoms with Gasteiger partial charge in [0.25, 0.3) is 10.1 Å². The highest BCUT2D eigenvalue weighted by Gasteiger charge is 2.39. The molecule has 2 saturated heterocycles. The summed E-state index contributed by atoms with van der Waals surface area (Å²) in [6.45, 7) is 2.80. The largest absolute Gasteiger partial charge is 0.508 e. The average molecular weight is 1560 g/mol. The Kier molecular flexibility index (Phi) is 28.0. The fourth-order valence-electron chi connectivity index (χ4n) is 12.0. The second-order valence-corrected chi connectivity index (χ2v) is 31.8. The standard InChI is InChI=1S/C23H19F2N3O2.C14H14O.C13H10F2N4O.C13H13NO.C10H8O.C5H10O3S.C4H8O.CH3ClO2S/c24-18-9-17(10-19(25)12-18)22-7-8-26-28(22)23(29)27-13-21(14-27)30-20-6-5-15-3-1-2-4-16(15)11-20;1-2-5-12-10-14(9-8-11(12)4-1)15-13-6-3-7-13;14-10-5-9(6-11(15)7-10)12-1-2-17-19(12)13(20)18-4-3-16-8-18;1-2-4-11-7-12(6-5-10(11)3-1)15-13-8-14-9-13;11-10-6-5-8-3-1-2-4-9(8)7-10;1-9(6,7)8-5-3-2-4-5;5-4-2-1-3-4;1-5(2,3)4/h1-6,8-12,21-22H,7,13-14H2;1-2,4-5,8-10,13H,3,6-7H2;2-8,12H,1H2;1-7,13-14H,8-9H2;1-7,11H;5H,2-4H2,1H3;4-5H,1-3H2;1H3/t22-;;12-;;;;;/m0.0...../s1. The number of nitrogens with zero attached hydrogens (tertiary/aromatic N) is 7. The number of ether oxygens (including phenoxy) is 3. The number of halogens is 5. The van der Waals surface area contributed by atoms with Crippen LogP contribution in [-0.4, -0.2) is 145 Å². The number of urea groups is 1. The molecule has 0 unspecified atom stereocenters. The van der Waals surface area contributed by atoms with E-state index >= 15 is 0 Å². The predicted molar refractivity (Wildman–Crippen MR) is 420 cm³/mol. The maximum Gasteiger partial charge on any atom is 0.350 e. The monoisotopic (exact) mass is 1560 g/mol. The second kappa shape index (κ2) is 38.2. The number of aromatic hydroxyl groups is 1. The molecule has 0 radical (unpaired) electrons. The van der Waals surface area contributed by atoms with Gasteiger partial charge in [-0.05, 0) is 185 Å². The normalized spacial score (nSPS) is 17.2. The van der Waals surface area contributed by atoms with Crippen molar-refractivity contribution in [3.8, 4) is 23.0 Å². The Balaban J connectivity index is 0.000000132. The summed E-state index contributed by atoms with van der Waals surface area (Å²) in [5, 5.41) is 40.9. The summed E-state index contributed by atoms with van der Waals surface area (Å²) in [5.41, 5.74) is 0.760. The van der Waals surface area contributed by atoms with Gasteiger partial charge in [0.15, 0.2) is 0 Å². The van der Waals surface area contributed by atoms with Gasteiger partial charge in [0.05, 0.1) is 56.0 Å². The fourth-order valence-corrected chi connectivity index (χ4v) is 12.7. The number of aliphatic hydroxyl groups excluding tert-OH is 1. The van der Waals surface area contributed by atoms with Crippen LogP contribution in [0.2, 0.25) is 0 Å². The number of benzene rings is 10. The Bertz CT molecular complexity index is 5090. The minimum absolute atomic E-state index is 0.0139. The topological polar surface area (TPSA) is 244 Å². The lowest BCUT2D eigenvalue weighted by Gasteiger charge is -2.41. The molecule has 18 rings (SSSR count). The maximum atomic E-state index is 13.6. The van der Waals surface area contributed by atoms with Crippen molar-refractivity contribution in [3.63, 3.8) is 0 Å². The fraction of sp³-hybridized carbons (Fsp3) is 0.289. The molecule has 3 amide bonds. The van der Waals surface area contributed by atoms with Crippen LogP contribution in [0.1, 0.15) is 93.8 Å². The summed E-state index contributed by atoms with van der Waals surface area (Å²) in [6.07, 6.45) is 21.0. The number of phenolic OH excluding ortho intramolecular Hbond substituents is 1. The molecule has 20 nitrogen and oxygen atoms in total. The third-order valence-electron chi connectivity index (χ3n) is 18.5. The molecule has 3 N–H and O–H groups in total. The van der Waals surface area contributed by atoms with E-state index in [2.05, 4.69) is 114 Å². The van der Waals surface area contributed by atoms with Crippen molar-refractivity contribution in [2.45, 2.75) is 113 Å². The van der Waals surface area contributed by atoms with Crippen LogP contribution in [0.5, 0.6) is 23.0 Å². The van der Waals surface area contributed by atoms with Crippen LogP contribution < -0.4 is 19.5 Å². The van der Waals surface area contributed by atoms with Crippen LogP contribution in [0.15, 0.2) is 235 Å². The first-order chi connectivity index (χ1) is 52.9. The lowest BCUT2D eigenvalue weighted by atomic mass is 9.96. The van der Waals surface area contributed by atoms with E-state index in [1.165, 1.54) is 105 Å². The number of hydrazone groups is 2. The number of aromatic nitrogens is 2. The van der Waals surface area contributed by atoms with Gasteiger partial charge < -0.3 is 34.6 Å². The van der Waals surface area contributed by atoms with Gasteiger partial charge in [-0.15, -0.1) is 0 Å². The highest BCUT2D eigenvalue weighted by atomic mass is 35.7. The quantitative estimate of drug-likeness (QED) is 0.0655. The van der Waals surface area contributed by atoms with Crippen molar-refractivity contribution in [2.24, 2.45) is 10.2 Å². The van der Waals surface area contributed by atoms with Gasteiger partial charge in [-0.1, -0.05) is 121 Å². The molecule has 7 aliphatic rings. The highest BCUT2D eigenvalue weighted by Crippen LogP contribution is 2.35. The number of likely N-dealkylation sites (tertiary alicyclic amines) is 1. The molecule has 5 fully saturated rings. The summed E-state index contributed by atoms with van der Waals surface area (Å²) in [6, 6.07) is 61.3. The number of rotatable bonds is 10. The minimum Gasteiger partial charge on any atom is -0.508 e. The Hall–Kier alpha value is -10.5. The van der Waals surface area contributed by atoms with Crippen LogP contribution in [0, 0.1) is 23.3 Å². The molecule has 4 aliphatic heterocycles. The molecule has 5 heterocycles. The number of carbonyl (C=O) groups excluding carboxylic acids is 2. The van der Waals surface area contributed by atoms with Crippen LogP contribution in [-0.2, 0) is 23.4 Å². The van der Waals surface area contributed by atoms with Gasteiger partial charge in [-0.3, -0.25) is 8.75 Å². The Morgan fingerprint density at radius 1 is 0.482 bits per heavy atom. The molecule has 10 aromatic carbocycles. The van der Waals surface area contributed by atoms with Crippen molar-refractivity contribution in [1.29, 1.82) is 0 Å². The number of nitrogens with one attached hydrogen (secondary N) is 1. The maximum absolute atomic E-state index is 13.6. The molecule has 2 atom stereocenters. The zero-order valence-electron chi connectivity index (χ0n) is 60.5. The van der Waals surface area contributed by atoms with E-state index in [0.717, 1.165) is 109 Å². The number of phenols is 1. The summed E-state index contributed by atoms with van der Waals surface area (Å²) < 4.78 is 117. The Morgan fingerprint density at radius 2 is 0.855 bits per heavy atom. The molecule has 3 saturated carbocycles. The molecule has 11 aromatic rings. The Labute approximate surface area is 640 Å². The van der Waals surface area contributed by atoms with Gasteiger partial charge in [-0.2, -0.15) is 18.6 Å². The summed E-state index contributed by atoms with van der Waals surface area (Å²) in [7, 11) is -1.88. The summed E-state index contributed by atoms with van der Waals surface area (Å²) in [4.78, 5) is 30.5. The molecule has 576 valence electrons. The lowest BCUT2D eigenvalue weighted by Crippen LogP contribution is -2.58. The van der Waals surface area contributed by atoms with Gasteiger partial charge >= 0.3 is 12.1 Å². The van der Waals surface area contributed by atoms with Crippen LogP contribution in [0.4, 0.5) is 27.2 Å². The smallest absolute Gasteiger partial charge is 0.350 e. The molecular formula is C83H85ClF4N8O12S2. The van der Waals surface area contributed by atoms with Gasteiger partial charge in [0.2, 0.25) is 9.05 Å². The zero-order chi connectivity index (χ0) is 77.7. The molecule has 110 heavy (non-hydrogen) atoms. The number of hydrogen-bond donors (Lipinski definition) is 3. The van der Waals surface area contributed by atoms with Gasteiger partial charge in [0.1, 0.15) is 64.8 Å². The van der Waals surface area contributed by atoms with E-state index in [9.17, 15) is 44.0 Å². The number of carbonyl (C=O) groups is 2. The van der Waals surface area contributed by atoms with Gasteiger partial charge in [0, 0.05) is 73.6 Å². The molecule has 3 aliphatic carbocycles. The van der Waals surface area contributed by atoms with Crippen molar-refractivity contribution in [3.05, 3.63) is 259 Å². The zero-order valence-corrected chi connectivity index (χ0v) is 62.9. The number of aliphatic hydroxyl groups is 1. The third kappa shape index (κ3) is 24.3. The van der Waals surface area contributed by atoms with E-state index in [1.54, 1.807) is 29.5 Å². The molecule has 1 aromatic heterocycles.